The van der Waals surface area contributed by atoms with Crippen LogP contribution in [-0.2, 0) is 4.79 Å². The molecule has 0 spiro atoms. The summed E-state index contributed by atoms with van der Waals surface area (Å²) < 4.78 is 5.12. The summed E-state index contributed by atoms with van der Waals surface area (Å²) in [6, 6.07) is 7.88. The molecule has 1 saturated carbocycles. The Balaban J connectivity index is 0.00000242. The fraction of sp³-hybridized carbons (Fsp3) is 0.562. The van der Waals surface area contributed by atoms with Crippen LogP contribution in [0.15, 0.2) is 29.2 Å². The second-order valence-electron chi connectivity index (χ2n) is 5.72. The first kappa shape index (κ1) is 19.1. The van der Waals surface area contributed by atoms with Gasteiger partial charge in [-0.3, -0.25) is 4.79 Å². The van der Waals surface area contributed by atoms with Crippen molar-refractivity contribution in [2.45, 2.75) is 36.6 Å². The van der Waals surface area contributed by atoms with Crippen LogP contribution in [-0.4, -0.2) is 30.9 Å². The highest BCUT2D eigenvalue weighted by Gasteiger charge is 2.41. The van der Waals surface area contributed by atoms with Crippen LogP contribution in [0.4, 0.5) is 0 Å². The minimum absolute atomic E-state index is 0. The van der Waals surface area contributed by atoms with E-state index in [9.17, 15) is 4.79 Å². The second kappa shape index (κ2) is 8.65. The lowest BCUT2D eigenvalue weighted by molar-refractivity contribution is -0.122. The molecule has 0 aromatic heterocycles. The van der Waals surface area contributed by atoms with E-state index in [-0.39, 0.29) is 23.9 Å². The molecule has 0 bridgehead atoms. The number of methoxy groups -OCH3 is 1. The fourth-order valence-corrected chi connectivity index (χ4v) is 3.21. The predicted molar refractivity (Wildman–Crippen MR) is 93.9 cm³/mol. The van der Waals surface area contributed by atoms with Crippen LogP contribution >= 0.6 is 24.2 Å². The number of thioether (sulfide) groups is 1. The van der Waals surface area contributed by atoms with Crippen LogP contribution in [0.5, 0.6) is 5.75 Å². The molecule has 1 atom stereocenters. The Morgan fingerprint density at radius 1 is 1.41 bits per heavy atom. The van der Waals surface area contributed by atoms with Crippen LogP contribution in [0.2, 0.25) is 0 Å². The highest BCUT2D eigenvalue weighted by Crippen LogP contribution is 2.39. The smallest absolute Gasteiger partial charge is 0.221 e. The maximum absolute atomic E-state index is 12.0. The Hall–Kier alpha value is -0.910. The molecule has 1 aromatic carbocycles. The summed E-state index contributed by atoms with van der Waals surface area (Å²) in [7, 11) is 1.65. The van der Waals surface area contributed by atoms with Gasteiger partial charge in [-0.25, -0.2) is 0 Å². The number of nitrogens with two attached hydrogens (primary N) is 1. The molecular formula is C16H25ClN2O2S. The van der Waals surface area contributed by atoms with Crippen molar-refractivity contribution in [3.05, 3.63) is 24.3 Å². The van der Waals surface area contributed by atoms with Crippen LogP contribution < -0.4 is 15.8 Å². The van der Waals surface area contributed by atoms with Gasteiger partial charge in [-0.05, 0) is 49.9 Å². The van der Waals surface area contributed by atoms with Crippen molar-refractivity contribution in [1.82, 2.24) is 5.32 Å². The van der Waals surface area contributed by atoms with E-state index in [0.717, 1.165) is 16.4 Å². The van der Waals surface area contributed by atoms with Crippen molar-refractivity contribution in [3.63, 3.8) is 0 Å². The summed E-state index contributed by atoms with van der Waals surface area (Å²) >= 11 is 1.68. The standard InChI is InChI=1S/C16H24N2O2S.ClH/c1-16(11-17,12-3-4-12)18-15(19)9-10-21-14-7-5-13(20-2)6-8-14;/h5-8,12H,3-4,9-11,17H2,1-2H3,(H,18,19);1H. The second-order valence-corrected chi connectivity index (χ2v) is 6.89. The number of amides is 1. The molecular weight excluding hydrogens is 320 g/mol. The van der Waals surface area contributed by atoms with Gasteiger partial charge in [0.25, 0.3) is 0 Å². The van der Waals surface area contributed by atoms with Gasteiger partial charge in [0, 0.05) is 23.6 Å². The Morgan fingerprint density at radius 3 is 2.55 bits per heavy atom. The minimum Gasteiger partial charge on any atom is -0.497 e. The van der Waals surface area contributed by atoms with Gasteiger partial charge >= 0.3 is 0 Å². The van der Waals surface area contributed by atoms with Crippen LogP contribution in [0, 0.1) is 5.92 Å². The van der Waals surface area contributed by atoms with E-state index in [1.54, 1.807) is 18.9 Å². The van der Waals surface area contributed by atoms with Gasteiger partial charge in [-0.2, -0.15) is 0 Å². The number of ether oxygens (including phenoxy) is 1. The third kappa shape index (κ3) is 5.38. The van der Waals surface area contributed by atoms with Gasteiger partial charge < -0.3 is 15.8 Å². The molecule has 1 fully saturated rings. The van der Waals surface area contributed by atoms with Crippen molar-refractivity contribution in [3.8, 4) is 5.75 Å². The first-order chi connectivity index (χ1) is 10.1. The third-order valence-electron chi connectivity index (χ3n) is 3.98. The van der Waals surface area contributed by atoms with Crippen LogP contribution in [0.25, 0.3) is 0 Å². The summed E-state index contributed by atoms with van der Waals surface area (Å²) in [6.07, 6.45) is 2.86. The number of rotatable bonds is 8. The molecule has 3 N–H and O–H groups in total. The molecule has 1 unspecified atom stereocenters. The predicted octanol–water partition coefficient (Wildman–Crippen LogP) is 2.84. The van der Waals surface area contributed by atoms with Crippen molar-refractivity contribution < 1.29 is 9.53 Å². The maximum Gasteiger partial charge on any atom is 0.221 e. The van der Waals surface area contributed by atoms with Gasteiger partial charge in [0.15, 0.2) is 0 Å². The number of hydrogen-bond acceptors (Lipinski definition) is 4. The number of carbonyl (C=O) groups is 1. The summed E-state index contributed by atoms with van der Waals surface area (Å²) in [6.45, 7) is 2.56. The van der Waals surface area contributed by atoms with E-state index in [1.807, 2.05) is 24.3 Å². The summed E-state index contributed by atoms with van der Waals surface area (Å²) in [4.78, 5) is 13.2. The van der Waals surface area contributed by atoms with Crippen molar-refractivity contribution in [2.24, 2.45) is 11.7 Å². The van der Waals surface area contributed by atoms with Gasteiger partial charge in [-0.1, -0.05) is 0 Å². The zero-order valence-electron chi connectivity index (χ0n) is 13.1. The SMILES string of the molecule is COc1ccc(SCCC(=O)NC(C)(CN)C2CC2)cc1.Cl. The highest BCUT2D eigenvalue weighted by molar-refractivity contribution is 7.99. The highest BCUT2D eigenvalue weighted by atomic mass is 35.5. The average molecular weight is 345 g/mol. The summed E-state index contributed by atoms with van der Waals surface area (Å²) in [5, 5.41) is 3.11. The number of benzene rings is 1. The zero-order valence-corrected chi connectivity index (χ0v) is 14.8. The molecule has 1 aliphatic rings. The van der Waals surface area contributed by atoms with Crippen molar-refractivity contribution in [1.29, 1.82) is 0 Å². The van der Waals surface area contributed by atoms with E-state index in [4.69, 9.17) is 10.5 Å². The van der Waals surface area contributed by atoms with Crippen molar-refractivity contribution >= 4 is 30.1 Å². The maximum atomic E-state index is 12.0. The lowest BCUT2D eigenvalue weighted by Crippen LogP contribution is -2.53. The number of carbonyl (C=O) groups excluding carboxylic acids is 1. The molecule has 0 heterocycles. The first-order valence-electron chi connectivity index (χ1n) is 7.35. The molecule has 1 aromatic rings. The van der Waals surface area contributed by atoms with Gasteiger partial charge in [0.05, 0.1) is 12.6 Å². The topological polar surface area (TPSA) is 64.3 Å². The Bertz CT molecular complexity index is 480. The molecule has 2 rings (SSSR count). The molecule has 0 saturated heterocycles. The minimum atomic E-state index is -0.220. The van der Waals surface area contributed by atoms with E-state index >= 15 is 0 Å². The third-order valence-corrected chi connectivity index (χ3v) is 5.00. The summed E-state index contributed by atoms with van der Waals surface area (Å²) in [5.74, 6) is 2.26. The van der Waals surface area contributed by atoms with Crippen LogP contribution in [0.3, 0.4) is 0 Å². The Morgan fingerprint density at radius 2 is 2.05 bits per heavy atom. The molecule has 1 aliphatic carbocycles. The quantitative estimate of drug-likeness (QED) is 0.712. The molecule has 1 amide bonds. The van der Waals surface area contributed by atoms with Gasteiger partial charge in [0.1, 0.15) is 5.75 Å². The number of nitrogens with one attached hydrogen (secondary N) is 1. The molecule has 0 aliphatic heterocycles. The van der Waals surface area contributed by atoms with E-state index in [0.29, 0.717) is 18.9 Å². The largest absolute Gasteiger partial charge is 0.497 e. The lowest BCUT2D eigenvalue weighted by atomic mass is 9.96. The molecule has 0 radical (unpaired) electrons. The Kier molecular flexibility index (Phi) is 7.53. The van der Waals surface area contributed by atoms with Gasteiger partial charge in [0.2, 0.25) is 5.91 Å². The normalized spacial score (nSPS) is 16.3. The number of hydrogen-bond donors (Lipinski definition) is 2. The lowest BCUT2D eigenvalue weighted by Gasteiger charge is -2.29. The average Bonchev–Trinajstić information content (AvgIpc) is 3.33. The molecule has 124 valence electrons. The monoisotopic (exact) mass is 344 g/mol. The zero-order chi connectivity index (χ0) is 15.3. The van der Waals surface area contributed by atoms with Crippen LogP contribution in [0.1, 0.15) is 26.2 Å². The Labute approximate surface area is 143 Å². The van der Waals surface area contributed by atoms with E-state index in [1.165, 1.54) is 12.8 Å². The molecule has 4 nitrogen and oxygen atoms in total. The van der Waals surface area contributed by atoms with Crippen molar-refractivity contribution in [2.75, 3.05) is 19.4 Å². The first-order valence-corrected chi connectivity index (χ1v) is 8.34. The molecule has 22 heavy (non-hydrogen) atoms. The molecule has 6 heteroatoms. The summed E-state index contributed by atoms with van der Waals surface area (Å²) in [5.41, 5.74) is 5.59. The number of halogens is 1. The van der Waals surface area contributed by atoms with E-state index < -0.39 is 0 Å². The van der Waals surface area contributed by atoms with E-state index in [2.05, 4.69) is 12.2 Å². The fourth-order valence-electron chi connectivity index (χ4n) is 2.35. The van der Waals surface area contributed by atoms with Gasteiger partial charge in [-0.15, -0.1) is 24.2 Å².